The monoisotopic (exact) mass is 490 g/mol. The molecule has 1 aromatic heterocycles. The molecule has 0 saturated carbocycles. The Balaban J connectivity index is 1.90. The van der Waals surface area contributed by atoms with Gasteiger partial charge in [0.2, 0.25) is 5.88 Å². The van der Waals surface area contributed by atoms with E-state index in [9.17, 15) is 4.79 Å². The first-order valence-electron chi connectivity index (χ1n) is 6.90. The molecular weight excluding hydrogens is 475 g/mol. The number of aromatic nitrogens is 1. The summed E-state index contributed by atoms with van der Waals surface area (Å²) in [5.74, 6) is 0.426. The number of carbonyl (C=O) groups excluding carboxylic acids is 1. The van der Waals surface area contributed by atoms with Gasteiger partial charge in [-0.25, -0.2) is 4.98 Å². The smallest absolute Gasteiger partial charge is 0.252 e. The summed E-state index contributed by atoms with van der Waals surface area (Å²) in [6, 6.07) is 9.27. The minimum Gasteiger partial charge on any atom is -0.475 e. The lowest BCUT2D eigenvalue weighted by atomic mass is 10.2. The summed E-state index contributed by atoms with van der Waals surface area (Å²) < 4.78 is 12.1. The number of ether oxygens (including phenoxy) is 2. The van der Waals surface area contributed by atoms with Crippen molar-refractivity contribution < 1.29 is 14.3 Å². The van der Waals surface area contributed by atoms with Gasteiger partial charge in [0, 0.05) is 34.0 Å². The van der Waals surface area contributed by atoms with E-state index in [0.717, 1.165) is 13.6 Å². The maximum absolute atomic E-state index is 12.2. The van der Waals surface area contributed by atoms with Crippen LogP contribution in [0.3, 0.4) is 0 Å². The van der Waals surface area contributed by atoms with Crippen molar-refractivity contribution >= 4 is 44.4 Å². The molecule has 0 fully saturated rings. The molecule has 5 nitrogen and oxygen atoms in total. The standard InChI is InChI=1S/C16H16BrIN2O3/c1-22-6-7-23-15-5-2-11(9-19-15)10-20-16(21)13-8-12(17)3-4-14(13)18/h2-5,8-9H,6-7,10H2,1H3,(H,20,21). The summed E-state index contributed by atoms with van der Waals surface area (Å²) in [6.45, 7) is 1.39. The molecule has 1 heterocycles. The number of hydrogen-bond donors (Lipinski definition) is 1. The minimum atomic E-state index is -0.115. The normalized spacial score (nSPS) is 10.4. The molecule has 0 spiro atoms. The van der Waals surface area contributed by atoms with Crippen LogP contribution in [0.25, 0.3) is 0 Å². The van der Waals surface area contributed by atoms with Crippen molar-refractivity contribution in [3.05, 3.63) is 55.7 Å². The minimum absolute atomic E-state index is 0.115. The SMILES string of the molecule is COCCOc1ccc(CNC(=O)c2cc(Br)ccc2I)cn1. The van der Waals surface area contributed by atoms with Gasteiger partial charge in [-0.1, -0.05) is 22.0 Å². The molecule has 7 heteroatoms. The fourth-order valence-corrected chi connectivity index (χ4v) is 2.72. The average molecular weight is 491 g/mol. The van der Waals surface area contributed by atoms with Crippen LogP contribution in [-0.4, -0.2) is 31.2 Å². The van der Waals surface area contributed by atoms with E-state index in [1.54, 1.807) is 19.4 Å². The van der Waals surface area contributed by atoms with E-state index in [1.807, 2.05) is 24.3 Å². The molecule has 122 valence electrons. The zero-order valence-electron chi connectivity index (χ0n) is 12.5. The van der Waals surface area contributed by atoms with E-state index in [4.69, 9.17) is 9.47 Å². The molecule has 2 aromatic rings. The Bertz CT molecular complexity index is 665. The number of nitrogens with zero attached hydrogens (tertiary/aromatic N) is 1. The zero-order chi connectivity index (χ0) is 16.7. The largest absolute Gasteiger partial charge is 0.475 e. The predicted molar refractivity (Wildman–Crippen MR) is 99.6 cm³/mol. The molecule has 0 bridgehead atoms. The second-order valence-corrected chi connectivity index (χ2v) is 6.73. The lowest BCUT2D eigenvalue weighted by Crippen LogP contribution is -2.23. The van der Waals surface area contributed by atoms with Gasteiger partial charge in [-0.3, -0.25) is 4.79 Å². The molecule has 0 radical (unpaired) electrons. The first kappa shape index (κ1) is 18.2. The van der Waals surface area contributed by atoms with Gasteiger partial charge in [-0.15, -0.1) is 0 Å². The number of benzene rings is 1. The molecule has 1 N–H and O–H groups in total. The average Bonchev–Trinajstić information content (AvgIpc) is 2.56. The number of carbonyl (C=O) groups is 1. The van der Waals surface area contributed by atoms with Gasteiger partial charge in [-0.2, -0.15) is 0 Å². The third-order valence-electron chi connectivity index (χ3n) is 2.96. The Labute approximate surface area is 157 Å². The van der Waals surface area contributed by atoms with Crippen molar-refractivity contribution in [3.8, 4) is 5.88 Å². The Morgan fingerprint density at radius 2 is 2.13 bits per heavy atom. The summed E-state index contributed by atoms with van der Waals surface area (Å²) >= 11 is 5.52. The first-order chi connectivity index (χ1) is 11.1. The molecule has 0 aliphatic rings. The Morgan fingerprint density at radius 3 is 2.83 bits per heavy atom. The van der Waals surface area contributed by atoms with Crippen molar-refractivity contribution in [2.45, 2.75) is 6.54 Å². The fraction of sp³-hybridized carbons (Fsp3) is 0.250. The van der Waals surface area contributed by atoms with Crippen LogP contribution in [0, 0.1) is 3.57 Å². The molecule has 1 aromatic carbocycles. The van der Waals surface area contributed by atoms with Crippen molar-refractivity contribution in [2.75, 3.05) is 20.3 Å². The highest BCUT2D eigenvalue weighted by Crippen LogP contribution is 2.18. The summed E-state index contributed by atoms with van der Waals surface area (Å²) in [7, 11) is 1.62. The number of methoxy groups -OCH3 is 1. The van der Waals surface area contributed by atoms with Crippen LogP contribution in [0.15, 0.2) is 41.0 Å². The third-order valence-corrected chi connectivity index (χ3v) is 4.40. The number of hydrogen-bond acceptors (Lipinski definition) is 4. The van der Waals surface area contributed by atoms with Crippen LogP contribution in [0.5, 0.6) is 5.88 Å². The van der Waals surface area contributed by atoms with E-state index in [2.05, 4.69) is 48.8 Å². The molecule has 0 atom stereocenters. The Hall–Kier alpha value is -1.19. The Morgan fingerprint density at radius 1 is 1.30 bits per heavy atom. The number of nitrogens with one attached hydrogen (secondary N) is 1. The van der Waals surface area contributed by atoms with Gasteiger partial charge in [0.25, 0.3) is 5.91 Å². The highest BCUT2D eigenvalue weighted by atomic mass is 127. The number of halogens is 2. The summed E-state index contributed by atoms with van der Waals surface area (Å²) in [6.07, 6.45) is 1.69. The van der Waals surface area contributed by atoms with Gasteiger partial charge in [-0.05, 0) is 46.4 Å². The summed E-state index contributed by atoms with van der Waals surface area (Å²) in [5, 5.41) is 2.89. The molecule has 23 heavy (non-hydrogen) atoms. The number of pyridine rings is 1. The van der Waals surface area contributed by atoms with Gasteiger partial charge < -0.3 is 14.8 Å². The number of amides is 1. The lowest BCUT2D eigenvalue weighted by Gasteiger charge is -2.08. The topological polar surface area (TPSA) is 60.5 Å². The van der Waals surface area contributed by atoms with Crippen LogP contribution in [-0.2, 0) is 11.3 Å². The van der Waals surface area contributed by atoms with Crippen molar-refractivity contribution in [1.82, 2.24) is 10.3 Å². The van der Waals surface area contributed by atoms with Crippen LogP contribution >= 0.6 is 38.5 Å². The zero-order valence-corrected chi connectivity index (χ0v) is 16.3. The van der Waals surface area contributed by atoms with Crippen molar-refractivity contribution in [1.29, 1.82) is 0 Å². The van der Waals surface area contributed by atoms with Gasteiger partial charge >= 0.3 is 0 Å². The van der Waals surface area contributed by atoms with Gasteiger partial charge in [0.1, 0.15) is 6.61 Å². The predicted octanol–water partition coefficient (Wildman–Crippen LogP) is 3.40. The molecule has 1 amide bonds. The molecule has 2 rings (SSSR count). The summed E-state index contributed by atoms with van der Waals surface area (Å²) in [5.41, 5.74) is 1.55. The van der Waals surface area contributed by atoms with Crippen molar-refractivity contribution in [3.63, 3.8) is 0 Å². The third kappa shape index (κ3) is 5.74. The molecule has 0 unspecified atom stereocenters. The summed E-state index contributed by atoms with van der Waals surface area (Å²) in [4.78, 5) is 16.4. The molecule has 0 saturated heterocycles. The second-order valence-electron chi connectivity index (χ2n) is 4.65. The van der Waals surface area contributed by atoms with Gasteiger partial charge in [0.15, 0.2) is 0 Å². The quantitative estimate of drug-likeness (QED) is 0.477. The van der Waals surface area contributed by atoms with E-state index in [1.165, 1.54) is 0 Å². The Kier molecular flexibility index (Phi) is 7.25. The second kappa shape index (κ2) is 9.19. The van der Waals surface area contributed by atoms with Crippen LogP contribution in [0.2, 0.25) is 0 Å². The molecule has 0 aliphatic carbocycles. The lowest BCUT2D eigenvalue weighted by molar-refractivity contribution is 0.0950. The molecular formula is C16H16BrIN2O3. The maximum Gasteiger partial charge on any atom is 0.252 e. The first-order valence-corrected chi connectivity index (χ1v) is 8.77. The van der Waals surface area contributed by atoms with E-state index < -0.39 is 0 Å². The van der Waals surface area contributed by atoms with Gasteiger partial charge in [0.05, 0.1) is 12.2 Å². The van der Waals surface area contributed by atoms with Crippen LogP contribution in [0.4, 0.5) is 0 Å². The highest BCUT2D eigenvalue weighted by Gasteiger charge is 2.10. The van der Waals surface area contributed by atoms with E-state index in [0.29, 0.717) is 31.2 Å². The van der Waals surface area contributed by atoms with E-state index >= 15 is 0 Å². The fourth-order valence-electron chi connectivity index (χ4n) is 1.78. The van der Waals surface area contributed by atoms with Crippen LogP contribution in [0.1, 0.15) is 15.9 Å². The van der Waals surface area contributed by atoms with Crippen molar-refractivity contribution in [2.24, 2.45) is 0 Å². The maximum atomic E-state index is 12.2. The van der Waals surface area contributed by atoms with E-state index in [-0.39, 0.29) is 5.91 Å². The molecule has 0 aliphatic heterocycles. The van der Waals surface area contributed by atoms with Crippen LogP contribution < -0.4 is 10.1 Å². The number of rotatable bonds is 7. The highest BCUT2D eigenvalue weighted by molar-refractivity contribution is 14.1.